The number of anilines is 1. The van der Waals surface area contributed by atoms with E-state index < -0.39 is 0 Å². The van der Waals surface area contributed by atoms with Crippen LogP contribution in [0.4, 0.5) is 5.82 Å². The highest BCUT2D eigenvalue weighted by atomic mass is 79.9. The molecule has 0 saturated heterocycles. The quantitative estimate of drug-likeness (QED) is 0.899. The average molecular weight is 336 g/mol. The van der Waals surface area contributed by atoms with Gasteiger partial charge in [-0.3, -0.25) is 4.79 Å². The third-order valence-electron chi connectivity index (χ3n) is 2.96. The van der Waals surface area contributed by atoms with Crippen LogP contribution in [0.5, 0.6) is 0 Å². The number of amides is 1. The number of halogens is 1. The molecule has 1 aromatic heterocycles. The third-order valence-corrected chi connectivity index (χ3v) is 3.79. The Balaban J connectivity index is 2.45. The van der Waals surface area contributed by atoms with Crippen LogP contribution in [0.2, 0.25) is 0 Å². The second kappa shape index (κ2) is 6.70. The molecule has 106 valence electrons. The molecule has 0 aliphatic carbocycles. The molecule has 0 spiro atoms. The van der Waals surface area contributed by atoms with Crippen LogP contribution in [0.15, 0.2) is 34.8 Å². The maximum Gasteiger partial charge on any atom is 0.222 e. The molecule has 5 heteroatoms. The zero-order valence-corrected chi connectivity index (χ0v) is 13.3. The van der Waals surface area contributed by atoms with Gasteiger partial charge >= 0.3 is 0 Å². The van der Waals surface area contributed by atoms with Crippen molar-refractivity contribution >= 4 is 27.7 Å². The maximum atomic E-state index is 11.4. The van der Waals surface area contributed by atoms with Gasteiger partial charge in [0.15, 0.2) is 5.82 Å². The highest BCUT2D eigenvalue weighted by Crippen LogP contribution is 2.30. The Morgan fingerprint density at radius 1 is 1.35 bits per heavy atom. The van der Waals surface area contributed by atoms with Gasteiger partial charge in [-0.15, -0.1) is 0 Å². The summed E-state index contributed by atoms with van der Waals surface area (Å²) in [6.07, 6.45) is 3.08. The van der Waals surface area contributed by atoms with Gasteiger partial charge in [-0.2, -0.15) is 5.10 Å². The number of aromatic nitrogens is 2. The van der Waals surface area contributed by atoms with Gasteiger partial charge in [-0.05, 0) is 40.9 Å². The zero-order chi connectivity index (χ0) is 14.5. The summed E-state index contributed by atoms with van der Waals surface area (Å²) in [7, 11) is 0. The van der Waals surface area contributed by atoms with Gasteiger partial charge in [0.2, 0.25) is 5.91 Å². The van der Waals surface area contributed by atoms with Gasteiger partial charge in [0, 0.05) is 6.92 Å². The zero-order valence-electron chi connectivity index (χ0n) is 11.7. The molecule has 1 heterocycles. The molecule has 2 aromatic rings. The number of nitrogens with one attached hydrogen (secondary N) is 1. The summed E-state index contributed by atoms with van der Waals surface area (Å²) >= 11 is 3.56. The van der Waals surface area contributed by atoms with E-state index in [-0.39, 0.29) is 5.91 Å². The van der Waals surface area contributed by atoms with Crippen LogP contribution in [-0.4, -0.2) is 15.7 Å². The van der Waals surface area contributed by atoms with Crippen molar-refractivity contribution in [2.75, 3.05) is 5.32 Å². The average Bonchev–Trinajstić information content (AvgIpc) is 2.74. The Kier molecular flexibility index (Phi) is 4.95. The molecule has 0 bridgehead atoms. The summed E-state index contributed by atoms with van der Waals surface area (Å²) in [6, 6.07) is 9.79. The molecular formula is C15H18BrN3O. The standard InChI is InChI=1S/C15H18BrN3O/c1-3-4-10-13-14(16)15(17-11(2)20)19(18-13)12-8-6-5-7-9-12/h5-9H,3-4,10H2,1-2H3,(H,17,20). The Labute approximate surface area is 127 Å². The first-order valence-electron chi connectivity index (χ1n) is 6.74. The predicted octanol–water partition coefficient (Wildman–Crippen LogP) is 3.94. The number of hydrogen-bond acceptors (Lipinski definition) is 2. The van der Waals surface area contributed by atoms with E-state index in [2.05, 4.69) is 33.3 Å². The van der Waals surface area contributed by atoms with E-state index in [1.807, 2.05) is 30.3 Å². The van der Waals surface area contributed by atoms with Gasteiger partial charge in [-0.25, -0.2) is 4.68 Å². The second-order valence-corrected chi connectivity index (χ2v) is 5.43. The van der Waals surface area contributed by atoms with Crippen molar-refractivity contribution in [2.45, 2.75) is 33.1 Å². The summed E-state index contributed by atoms with van der Waals surface area (Å²) in [5, 5.41) is 7.48. The minimum absolute atomic E-state index is 0.107. The number of carbonyl (C=O) groups is 1. The molecule has 0 aliphatic rings. The van der Waals surface area contributed by atoms with Crippen LogP contribution in [0.3, 0.4) is 0 Å². The van der Waals surface area contributed by atoms with Crippen LogP contribution in [0.25, 0.3) is 5.69 Å². The van der Waals surface area contributed by atoms with Crippen LogP contribution in [0.1, 0.15) is 32.4 Å². The van der Waals surface area contributed by atoms with E-state index in [1.165, 1.54) is 6.92 Å². The fourth-order valence-electron chi connectivity index (χ4n) is 1.98. The molecular weight excluding hydrogens is 318 g/mol. The summed E-state index contributed by atoms with van der Waals surface area (Å²) in [5.41, 5.74) is 1.90. The topological polar surface area (TPSA) is 46.9 Å². The Hall–Kier alpha value is -1.62. The molecule has 20 heavy (non-hydrogen) atoms. The van der Waals surface area contributed by atoms with Gasteiger partial charge in [0.1, 0.15) is 0 Å². The largest absolute Gasteiger partial charge is 0.310 e. The van der Waals surface area contributed by atoms with E-state index in [0.717, 1.165) is 35.1 Å². The van der Waals surface area contributed by atoms with Crippen molar-refractivity contribution in [1.29, 1.82) is 0 Å². The molecule has 1 aromatic carbocycles. The minimum Gasteiger partial charge on any atom is -0.310 e. The summed E-state index contributed by atoms with van der Waals surface area (Å²) in [5.74, 6) is 0.583. The lowest BCUT2D eigenvalue weighted by Crippen LogP contribution is -2.11. The molecule has 0 radical (unpaired) electrons. The summed E-state index contributed by atoms with van der Waals surface area (Å²) < 4.78 is 2.64. The number of carbonyl (C=O) groups excluding carboxylic acids is 1. The van der Waals surface area contributed by atoms with Crippen LogP contribution >= 0.6 is 15.9 Å². The van der Waals surface area contributed by atoms with E-state index in [9.17, 15) is 4.79 Å². The molecule has 0 aliphatic heterocycles. The lowest BCUT2D eigenvalue weighted by atomic mass is 10.2. The molecule has 2 rings (SSSR count). The van der Waals surface area contributed by atoms with Crippen molar-refractivity contribution < 1.29 is 4.79 Å². The molecule has 0 fully saturated rings. The first-order chi connectivity index (χ1) is 9.63. The lowest BCUT2D eigenvalue weighted by Gasteiger charge is -2.07. The van der Waals surface area contributed by atoms with Crippen LogP contribution in [0, 0.1) is 0 Å². The monoisotopic (exact) mass is 335 g/mol. The Morgan fingerprint density at radius 3 is 2.65 bits per heavy atom. The van der Waals surface area contributed by atoms with E-state index in [0.29, 0.717) is 5.82 Å². The van der Waals surface area contributed by atoms with E-state index >= 15 is 0 Å². The number of benzene rings is 1. The highest BCUT2D eigenvalue weighted by molar-refractivity contribution is 9.10. The van der Waals surface area contributed by atoms with Gasteiger partial charge in [-0.1, -0.05) is 31.5 Å². The smallest absolute Gasteiger partial charge is 0.222 e. The van der Waals surface area contributed by atoms with Gasteiger partial charge < -0.3 is 5.32 Å². The number of unbranched alkanes of at least 4 members (excludes halogenated alkanes) is 1. The SMILES string of the molecule is CCCCc1nn(-c2ccccc2)c(NC(C)=O)c1Br. The Bertz CT molecular complexity index is 593. The van der Waals surface area contributed by atoms with Crippen molar-refractivity contribution in [1.82, 2.24) is 9.78 Å². The molecule has 0 atom stereocenters. The highest BCUT2D eigenvalue weighted by Gasteiger charge is 2.17. The van der Waals surface area contributed by atoms with Gasteiger partial charge in [0.25, 0.3) is 0 Å². The number of para-hydroxylation sites is 1. The molecule has 1 N–H and O–H groups in total. The fraction of sp³-hybridized carbons (Fsp3) is 0.333. The molecule has 4 nitrogen and oxygen atoms in total. The first kappa shape index (κ1) is 14.8. The predicted molar refractivity (Wildman–Crippen MR) is 84.2 cm³/mol. The lowest BCUT2D eigenvalue weighted by molar-refractivity contribution is -0.114. The number of nitrogens with zero attached hydrogens (tertiary/aromatic N) is 2. The van der Waals surface area contributed by atoms with Crippen molar-refractivity contribution in [3.8, 4) is 5.69 Å². The van der Waals surface area contributed by atoms with Crippen molar-refractivity contribution in [3.05, 3.63) is 40.5 Å². The first-order valence-corrected chi connectivity index (χ1v) is 7.53. The number of hydrogen-bond donors (Lipinski definition) is 1. The minimum atomic E-state index is -0.107. The maximum absolute atomic E-state index is 11.4. The molecule has 0 unspecified atom stereocenters. The third kappa shape index (κ3) is 3.28. The van der Waals surface area contributed by atoms with E-state index in [4.69, 9.17) is 0 Å². The van der Waals surface area contributed by atoms with Crippen LogP contribution in [-0.2, 0) is 11.2 Å². The number of aryl methyl sites for hydroxylation is 1. The second-order valence-electron chi connectivity index (χ2n) is 4.64. The summed E-state index contributed by atoms with van der Waals surface area (Å²) in [6.45, 7) is 3.65. The van der Waals surface area contributed by atoms with Crippen molar-refractivity contribution in [3.63, 3.8) is 0 Å². The van der Waals surface area contributed by atoms with Crippen molar-refractivity contribution in [2.24, 2.45) is 0 Å². The molecule has 0 saturated carbocycles. The number of rotatable bonds is 5. The van der Waals surface area contributed by atoms with Gasteiger partial charge in [0.05, 0.1) is 15.9 Å². The Morgan fingerprint density at radius 2 is 2.05 bits per heavy atom. The summed E-state index contributed by atoms with van der Waals surface area (Å²) in [4.78, 5) is 11.4. The molecule has 1 amide bonds. The normalized spacial score (nSPS) is 10.6. The van der Waals surface area contributed by atoms with E-state index in [1.54, 1.807) is 4.68 Å². The fourth-order valence-corrected chi connectivity index (χ4v) is 2.52. The van der Waals surface area contributed by atoms with Crippen LogP contribution < -0.4 is 5.32 Å².